The lowest BCUT2D eigenvalue weighted by Crippen LogP contribution is -2.25. The predicted molar refractivity (Wildman–Crippen MR) is 124 cm³/mol. The van der Waals surface area contributed by atoms with Crippen molar-refractivity contribution in [1.82, 2.24) is 14.4 Å². The average Bonchev–Trinajstić information content (AvgIpc) is 3.49. The highest BCUT2D eigenvalue weighted by Gasteiger charge is 2.29. The fourth-order valence-corrected chi connectivity index (χ4v) is 6.45. The van der Waals surface area contributed by atoms with Gasteiger partial charge >= 0.3 is 0 Å². The molecule has 32 heavy (non-hydrogen) atoms. The van der Waals surface area contributed by atoms with Crippen molar-refractivity contribution in [3.63, 3.8) is 0 Å². The summed E-state index contributed by atoms with van der Waals surface area (Å²) in [5, 5.41) is 2.61. The molecule has 0 aliphatic carbocycles. The van der Waals surface area contributed by atoms with E-state index in [1.165, 1.54) is 27.8 Å². The van der Waals surface area contributed by atoms with Gasteiger partial charge in [0.2, 0.25) is 10.0 Å². The number of fused-ring (bicyclic) bond motifs is 1. The molecule has 0 spiro atoms. The summed E-state index contributed by atoms with van der Waals surface area (Å²) in [5.74, 6) is -0.137. The van der Waals surface area contributed by atoms with Crippen molar-refractivity contribution >= 4 is 32.7 Å². The van der Waals surface area contributed by atoms with Gasteiger partial charge in [-0.25, -0.2) is 22.8 Å². The van der Waals surface area contributed by atoms with Crippen molar-refractivity contribution in [3.05, 3.63) is 70.2 Å². The molecule has 0 saturated carbocycles. The third-order valence-corrected chi connectivity index (χ3v) is 8.46. The molecule has 3 aromatic heterocycles. The van der Waals surface area contributed by atoms with E-state index in [2.05, 4.69) is 0 Å². The number of aromatic nitrogens is 3. The molecule has 1 saturated heterocycles. The van der Waals surface area contributed by atoms with Crippen LogP contribution < -0.4 is 10.0 Å². The van der Waals surface area contributed by atoms with Gasteiger partial charge in [0.1, 0.15) is 16.5 Å². The van der Waals surface area contributed by atoms with Crippen molar-refractivity contribution in [2.24, 2.45) is 5.73 Å². The van der Waals surface area contributed by atoms with Crippen LogP contribution in [0.3, 0.4) is 0 Å². The Morgan fingerprint density at radius 3 is 2.66 bits per heavy atom. The first-order valence-corrected chi connectivity index (χ1v) is 12.8. The summed E-state index contributed by atoms with van der Waals surface area (Å²) in [7, 11) is -3.29. The van der Waals surface area contributed by atoms with Crippen molar-refractivity contribution < 1.29 is 12.8 Å². The van der Waals surface area contributed by atoms with Gasteiger partial charge < -0.3 is 5.73 Å². The minimum atomic E-state index is -3.29. The number of hydrogen-bond acceptors (Lipinski definition) is 6. The summed E-state index contributed by atoms with van der Waals surface area (Å²) in [6, 6.07) is 9.26. The predicted octanol–water partition coefficient (Wildman–Crippen LogP) is 3.75. The highest BCUT2D eigenvalue weighted by Crippen LogP contribution is 2.32. The molecule has 1 unspecified atom stereocenters. The zero-order valence-electron chi connectivity index (χ0n) is 17.4. The molecule has 1 fully saturated rings. The number of imidazole rings is 1. The Bertz CT molecular complexity index is 1400. The zero-order valence-corrected chi connectivity index (χ0v) is 19.0. The number of sulfonamides is 1. The molecule has 0 radical (unpaired) electrons. The lowest BCUT2D eigenvalue weighted by atomic mass is 10.1. The Balaban J connectivity index is 1.57. The number of benzene rings is 1. The van der Waals surface area contributed by atoms with E-state index in [1.807, 2.05) is 22.8 Å². The van der Waals surface area contributed by atoms with E-state index >= 15 is 0 Å². The maximum absolute atomic E-state index is 13.3. The molecule has 7 nitrogen and oxygen atoms in total. The fraction of sp³-hybridized carbons (Fsp3) is 0.273. The summed E-state index contributed by atoms with van der Waals surface area (Å²) in [6.45, 7) is 2.48. The molecule has 1 aromatic carbocycles. The minimum absolute atomic E-state index is 0.160. The van der Waals surface area contributed by atoms with Gasteiger partial charge in [0.15, 0.2) is 0 Å². The Morgan fingerprint density at radius 2 is 1.97 bits per heavy atom. The second-order valence-corrected chi connectivity index (χ2v) is 10.6. The molecule has 166 valence electrons. The first-order valence-electron chi connectivity index (χ1n) is 10.4. The summed E-state index contributed by atoms with van der Waals surface area (Å²) < 4.78 is 41.4. The lowest BCUT2D eigenvalue weighted by molar-refractivity contribution is 0.599. The Labute approximate surface area is 189 Å². The van der Waals surface area contributed by atoms with Gasteiger partial charge in [-0.05, 0) is 49.2 Å². The Hall–Kier alpha value is -2.82. The van der Waals surface area contributed by atoms with Crippen LogP contribution >= 0.6 is 11.3 Å². The Kier molecular flexibility index (Phi) is 5.23. The third-order valence-electron chi connectivity index (χ3n) is 5.66. The standard InChI is InChI=1S/C22H22FN5O2S2/c1-2-17-21(20(24)22-26-18(13-31-22)14-4-6-15(23)7-5-14)27-12-16(8-9-19(27)25-17)28-10-3-11-32(28,29)30/h4-9,12-13,20H,2-3,10-11,24H2,1H3. The van der Waals surface area contributed by atoms with E-state index in [4.69, 9.17) is 15.7 Å². The summed E-state index contributed by atoms with van der Waals surface area (Å²) in [6.07, 6.45) is 3.09. The quantitative estimate of drug-likeness (QED) is 0.479. The number of pyridine rings is 1. The van der Waals surface area contributed by atoms with Crippen LogP contribution in [0.1, 0.15) is 35.8 Å². The van der Waals surface area contributed by atoms with Crippen LogP contribution in [-0.2, 0) is 16.4 Å². The first-order chi connectivity index (χ1) is 15.4. The monoisotopic (exact) mass is 471 g/mol. The normalized spacial score (nSPS) is 16.7. The number of aryl methyl sites for hydroxylation is 1. The lowest BCUT2D eigenvalue weighted by Gasteiger charge is -2.18. The van der Waals surface area contributed by atoms with Gasteiger partial charge in [-0.1, -0.05) is 6.92 Å². The maximum Gasteiger partial charge on any atom is 0.235 e. The second kappa shape index (κ2) is 7.95. The van der Waals surface area contributed by atoms with Crippen molar-refractivity contribution in [3.8, 4) is 11.3 Å². The highest BCUT2D eigenvalue weighted by atomic mass is 32.2. The van der Waals surface area contributed by atoms with Gasteiger partial charge in [0.25, 0.3) is 0 Å². The third kappa shape index (κ3) is 3.58. The second-order valence-electron chi connectivity index (χ2n) is 7.71. The van der Waals surface area contributed by atoms with Crippen LogP contribution in [0.25, 0.3) is 16.9 Å². The first kappa shape index (κ1) is 21.0. The van der Waals surface area contributed by atoms with E-state index in [-0.39, 0.29) is 11.6 Å². The number of nitrogens with two attached hydrogens (primary N) is 1. The van der Waals surface area contributed by atoms with Gasteiger partial charge in [0, 0.05) is 23.7 Å². The molecule has 0 bridgehead atoms. The van der Waals surface area contributed by atoms with E-state index in [0.717, 1.165) is 22.6 Å². The zero-order chi connectivity index (χ0) is 22.5. The molecular weight excluding hydrogens is 449 g/mol. The molecule has 1 atom stereocenters. The number of rotatable bonds is 5. The van der Waals surface area contributed by atoms with Gasteiger partial charge in [-0.3, -0.25) is 8.71 Å². The molecule has 1 aliphatic heterocycles. The maximum atomic E-state index is 13.3. The largest absolute Gasteiger partial charge is 0.317 e. The molecule has 1 aliphatic rings. The summed E-state index contributed by atoms with van der Waals surface area (Å²) >= 11 is 1.43. The van der Waals surface area contributed by atoms with E-state index < -0.39 is 16.1 Å². The van der Waals surface area contributed by atoms with Crippen LogP contribution in [0.5, 0.6) is 0 Å². The minimum Gasteiger partial charge on any atom is -0.317 e. The molecule has 4 aromatic rings. The van der Waals surface area contributed by atoms with Gasteiger partial charge in [-0.15, -0.1) is 11.3 Å². The number of anilines is 1. The molecule has 4 heterocycles. The van der Waals surface area contributed by atoms with E-state index in [1.54, 1.807) is 24.4 Å². The molecule has 10 heteroatoms. The van der Waals surface area contributed by atoms with E-state index in [0.29, 0.717) is 35.7 Å². The summed E-state index contributed by atoms with van der Waals surface area (Å²) in [5.41, 5.74) is 11.2. The number of nitrogens with zero attached hydrogens (tertiary/aromatic N) is 4. The van der Waals surface area contributed by atoms with Crippen molar-refractivity contribution in [2.45, 2.75) is 25.8 Å². The topological polar surface area (TPSA) is 93.6 Å². The highest BCUT2D eigenvalue weighted by molar-refractivity contribution is 7.93. The van der Waals surface area contributed by atoms with Crippen LogP contribution in [-0.4, -0.2) is 35.1 Å². The Morgan fingerprint density at radius 1 is 1.19 bits per heavy atom. The van der Waals surface area contributed by atoms with Crippen molar-refractivity contribution in [2.75, 3.05) is 16.6 Å². The van der Waals surface area contributed by atoms with Crippen LogP contribution in [0, 0.1) is 5.82 Å². The SMILES string of the molecule is CCc1nc2ccc(N3CCCS3(=O)=O)cn2c1C(N)c1nc(-c2ccc(F)cc2)cs1. The van der Waals surface area contributed by atoms with Crippen molar-refractivity contribution in [1.29, 1.82) is 0 Å². The molecule has 0 amide bonds. The number of halogens is 1. The fourth-order valence-electron chi connectivity index (χ4n) is 4.07. The van der Waals surface area contributed by atoms with Gasteiger partial charge in [-0.2, -0.15) is 0 Å². The average molecular weight is 472 g/mol. The smallest absolute Gasteiger partial charge is 0.235 e. The van der Waals surface area contributed by atoms with Crippen LogP contribution in [0.4, 0.5) is 10.1 Å². The molecular formula is C22H22FN5O2S2. The van der Waals surface area contributed by atoms with Crippen LogP contribution in [0.15, 0.2) is 48.0 Å². The molecule has 2 N–H and O–H groups in total. The summed E-state index contributed by atoms with van der Waals surface area (Å²) in [4.78, 5) is 9.40. The molecule has 5 rings (SSSR count). The number of thiazole rings is 1. The van der Waals surface area contributed by atoms with Gasteiger partial charge in [0.05, 0.1) is 34.6 Å². The number of hydrogen-bond donors (Lipinski definition) is 1. The van der Waals surface area contributed by atoms with E-state index in [9.17, 15) is 12.8 Å². The van der Waals surface area contributed by atoms with Crippen LogP contribution in [0.2, 0.25) is 0 Å².